The Kier molecular flexibility index (Phi) is 5.89. The molecule has 5 nitrogen and oxygen atoms in total. The second-order valence-electron chi connectivity index (χ2n) is 5.11. The van der Waals surface area contributed by atoms with E-state index >= 15 is 0 Å². The molecule has 0 aliphatic heterocycles. The summed E-state index contributed by atoms with van der Waals surface area (Å²) in [6, 6.07) is 12.6. The zero-order chi connectivity index (χ0) is 17.7. The van der Waals surface area contributed by atoms with Crippen LogP contribution in [0.2, 0.25) is 0 Å². The maximum absolute atomic E-state index is 13.9. The second-order valence-corrected chi connectivity index (χ2v) is 5.51. The van der Waals surface area contributed by atoms with E-state index < -0.39 is 17.8 Å². The minimum absolute atomic E-state index is 0.0423. The van der Waals surface area contributed by atoms with Crippen LogP contribution < -0.4 is 5.73 Å². The summed E-state index contributed by atoms with van der Waals surface area (Å²) in [7, 11) is 1.32. The number of benzene rings is 2. The SMILES string of the molecule is COC(C(=O)N(Cl)Cc1ccc(C(=N)N)cc1)c1ccccc1F. The molecule has 0 spiro atoms. The van der Waals surface area contributed by atoms with Gasteiger partial charge in [-0.05, 0) is 11.6 Å². The van der Waals surface area contributed by atoms with Crippen LogP contribution in [-0.4, -0.2) is 23.3 Å². The molecule has 2 aromatic carbocycles. The fraction of sp³-hybridized carbons (Fsp3) is 0.176. The Morgan fingerprint density at radius 1 is 1.29 bits per heavy atom. The van der Waals surface area contributed by atoms with E-state index in [0.717, 1.165) is 9.98 Å². The summed E-state index contributed by atoms with van der Waals surface area (Å²) in [5.74, 6) is -1.15. The fourth-order valence-corrected chi connectivity index (χ4v) is 2.43. The van der Waals surface area contributed by atoms with Crippen molar-refractivity contribution in [2.75, 3.05) is 7.11 Å². The molecule has 0 heterocycles. The molecular weight excluding hydrogens is 333 g/mol. The van der Waals surface area contributed by atoms with Crippen molar-refractivity contribution in [2.45, 2.75) is 12.6 Å². The highest BCUT2D eigenvalue weighted by atomic mass is 35.5. The summed E-state index contributed by atoms with van der Waals surface area (Å²) in [5, 5.41) is 7.35. The van der Waals surface area contributed by atoms with E-state index in [1.54, 1.807) is 30.3 Å². The molecule has 24 heavy (non-hydrogen) atoms. The van der Waals surface area contributed by atoms with E-state index in [0.29, 0.717) is 5.56 Å². The van der Waals surface area contributed by atoms with Gasteiger partial charge in [-0.2, -0.15) is 0 Å². The van der Waals surface area contributed by atoms with Gasteiger partial charge in [0.25, 0.3) is 5.91 Å². The van der Waals surface area contributed by atoms with Crippen molar-refractivity contribution in [1.82, 2.24) is 4.42 Å². The van der Waals surface area contributed by atoms with Gasteiger partial charge in [0.2, 0.25) is 0 Å². The Labute approximate surface area is 144 Å². The molecule has 0 aliphatic rings. The van der Waals surface area contributed by atoms with Crippen LogP contribution in [0.25, 0.3) is 0 Å². The van der Waals surface area contributed by atoms with Gasteiger partial charge in [0.15, 0.2) is 6.10 Å². The van der Waals surface area contributed by atoms with Crippen molar-refractivity contribution < 1.29 is 13.9 Å². The van der Waals surface area contributed by atoms with Crippen molar-refractivity contribution in [3.63, 3.8) is 0 Å². The average Bonchev–Trinajstić information content (AvgIpc) is 2.57. The van der Waals surface area contributed by atoms with Gasteiger partial charge in [-0.3, -0.25) is 10.2 Å². The Balaban J connectivity index is 2.13. The highest BCUT2D eigenvalue weighted by Gasteiger charge is 2.27. The molecule has 0 radical (unpaired) electrons. The Bertz CT molecular complexity index is 737. The first-order valence-electron chi connectivity index (χ1n) is 7.11. The van der Waals surface area contributed by atoms with Crippen LogP contribution in [0.5, 0.6) is 0 Å². The molecule has 0 aliphatic carbocycles. The molecule has 0 saturated heterocycles. The highest BCUT2D eigenvalue weighted by molar-refractivity contribution is 6.21. The highest BCUT2D eigenvalue weighted by Crippen LogP contribution is 2.24. The monoisotopic (exact) mass is 349 g/mol. The number of nitrogens with two attached hydrogens (primary N) is 1. The van der Waals surface area contributed by atoms with Crippen LogP contribution in [0.1, 0.15) is 22.8 Å². The summed E-state index contributed by atoms with van der Waals surface area (Å²) in [6.07, 6.45) is -1.12. The van der Waals surface area contributed by atoms with Crippen molar-refractivity contribution in [1.29, 1.82) is 5.41 Å². The zero-order valence-corrected chi connectivity index (χ0v) is 13.8. The molecule has 1 unspecified atom stereocenters. The Morgan fingerprint density at radius 3 is 2.46 bits per heavy atom. The number of carbonyl (C=O) groups excluding carboxylic acids is 1. The minimum atomic E-state index is -1.12. The number of hydrogen-bond donors (Lipinski definition) is 2. The third-order valence-electron chi connectivity index (χ3n) is 3.47. The number of carbonyl (C=O) groups is 1. The van der Waals surface area contributed by atoms with Crippen LogP contribution in [0, 0.1) is 11.2 Å². The quantitative estimate of drug-likeness (QED) is 0.478. The number of halogens is 2. The average molecular weight is 350 g/mol. The van der Waals surface area contributed by atoms with Gasteiger partial charge in [0.05, 0.1) is 6.54 Å². The van der Waals surface area contributed by atoms with Crippen molar-refractivity contribution in [2.24, 2.45) is 5.73 Å². The van der Waals surface area contributed by atoms with Gasteiger partial charge in [0, 0.05) is 30.0 Å². The van der Waals surface area contributed by atoms with Gasteiger partial charge in [-0.15, -0.1) is 0 Å². The van der Waals surface area contributed by atoms with E-state index in [1.165, 1.54) is 25.3 Å². The molecular formula is C17H17ClFN3O2. The van der Waals surface area contributed by atoms with Gasteiger partial charge < -0.3 is 10.5 Å². The molecule has 2 rings (SSSR count). The number of nitrogens with one attached hydrogen (secondary N) is 1. The van der Waals surface area contributed by atoms with Crippen LogP contribution in [0.15, 0.2) is 48.5 Å². The first-order valence-corrected chi connectivity index (χ1v) is 7.45. The normalized spacial score (nSPS) is 11.8. The number of amides is 1. The number of nitrogens with zero attached hydrogens (tertiary/aromatic N) is 1. The van der Waals surface area contributed by atoms with Gasteiger partial charge in [-0.1, -0.05) is 42.5 Å². The number of rotatable bonds is 6. The second kappa shape index (κ2) is 7.90. The fourth-order valence-electron chi connectivity index (χ4n) is 2.20. The molecule has 2 aromatic rings. The predicted molar refractivity (Wildman–Crippen MR) is 90.0 cm³/mol. The Morgan fingerprint density at radius 2 is 1.92 bits per heavy atom. The maximum Gasteiger partial charge on any atom is 0.271 e. The lowest BCUT2D eigenvalue weighted by Crippen LogP contribution is -2.29. The molecule has 126 valence electrons. The number of amidine groups is 1. The standard InChI is InChI=1S/C17H17ClFN3O2/c1-24-15(13-4-2-3-5-14(13)19)17(23)22(18)10-11-6-8-12(9-7-11)16(20)21/h2-9,15H,10H2,1H3,(H3,20,21). The van der Waals surface area contributed by atoms with Crippen molar-refractivity contribution in [3.05, 3.63) is 71.0 Å². The maximum atomic E-state index is 13.9. The third kappa shape index (κ3) is 4.10. The topological polar surface area (TPSA) is 79.4 Å². The molecule has 1 atom stereocenters. The zero-order valence-electron chi connectivity index (χ0n) is 13.0. The van der Waals surface area contributed by atoms with Crippen molar-refractivity contribution in [3.8, 4) is 0 Å². The molecule has 3 N–H and O–H groups in total. The van der Waals surface area contributed by atoms with E-state index in [9.17, 15) is 9.18 Å². The lowest BCUT2D eigenvalue weighted by molar-refractivity contribution is -0.138. The smallest absolute Gasteiger partial charge is 0.271 e. The molecule has 0 saturated carbocycles. The van der Waals surface area contributed by atoms with Gasteiger partial charge in [-0.25, -0.2) is 8.81 Å². The van der Waals surface area contributed by atoms with E-state index in [2.05, 4.69) is 0 Å². The number of nitrogen functional groups attached to an aromatic ring is 1. The summed E-state index contributed by atoms with van der Waals surface area (Å²) in [4.78, 5) is 12.5. The molecule has 0 bridgehead atoms. The number of ether oxygens (including phenoxy) is 1. The third-order valence-corrected chi connectivity index (χ3v) is 3.76. The summed E-state index contributed by atoms with van der Waals surface area (Å²) < 4.78 is 19.9. The van der Waals surface area contributed by atoms with Crippen LogP contribution in [0.3, 0.4) is 0 Å². The molecule has 1 amide bonds. The van der Waals surface area contributed by atoms with Crippen LogP contribution in [-0.2, 0) is 16.1 Å². The van der Waals surface area contributed by atoms with Crippen LogP contribution >= 0.6 is 11.8 Å². The predicted octanol–water partition coefficient (Wildman–Crippen LogP) is 2.98. The molecule has 0 aromatic heterocycles. The largest absolute Gasteiger partial charge is 0.384 e. The Hall–Kier alpha value is -2.44. The first kappa shape index (κ1) is 17.9. The number of hydrogen-bond acceptors (Lipinski definition) is 3. The minimum Gasteiger partial charge on any atom is -0.384 e. The van der Waals surface area contributed by atoms with Gasteiger partial charge >= 0.3 is 0 Å². The lowest BCUT2D eigenvalue weighted by Gasteiger charge is -2.21. The molecule has 0 fully saturated rings. The summed E-state index contributed by atoms with van der Waals surface area (Å²) in [6.45, 7) is 0.104. The van der Waals surface area contributed by atoms with E-state index in [-0.39, 0.29) is 17.9 Å². The summed E-state index contributed by atoms with van der Waals surface area (Å²) in [5.41, 5.74) is 6.84. The molecule has 7 heteroatoms. The van der Waals surface area contributed by atoms with Crippen LogP contribution in [0.4, 0.5) is 4.39 Å². The van der Waals surface area contributed by atoms with Crippen molar-refractivity contribution >= 4 is 23.5 Å². The first-order chi connectivity index (χ1) is 11.4. The summed E-state index contributed by atoms with van der Waals surface area (Å²) >= 11 is 6.06. The van der Waals surface area contributed by atoms with E-state index in [1.807, 2.05) is 0 Å². The van der Waals surface area contributed by atoms with Gasteiger partial charge in [0.1, 0.15) is 11.7 Å². The number of methoxy groups -OCH3 is 1. The lowest BCUT2D eigenvalue weighted by atomic mass is 10.1. The van der Waals surface area contributed by atoms with E-state index in [4.69, 9.17) is 27.7 Å².